The fourth-order valence-electron chi connectivity index (χ4n) is 11.8. The van der Waals surface area contributed by atoms with Crippen molar-refractivity contribution in [1.82, 2.24) is 9.13 Å². The predicted octanol–water partition coefficient (Wildman–Crippen LogP) is 18.1. The number of rotatable bonds is 4. The molecule has 0 saturated heterocycles. The minimum absolute atomic E-state index is 1.10. The molecule has 0 unspecified atom stereocenters. The van der Waals surface area contributed by atoms with Gasteiger partial charge in [0.2, 0.25) is 0 Å². The number of nitrogens with zero attached hydrogens (tertiary/aromatic N) is 4. The second-order valence-corrected chi connectivity index (χ2v) is 18.5. The number of para-hydroxylation sites is 6. The molecule has 0 N–H and O–H groups in total. The van der Waals surface area contributed by atoms with Gasteiger partial charge in [-0.1, -0.05) is 170 Å². The Hall–Kier alpha value is -9.38. The molecule has 0 bridgehead atoms. The molecule has 0 amide bonds. The van der Waals surface area contributed by atoms with Gasteiger partial charge in [0.05, 0.1) is 44.8 Å². The maximum atomic E-state index is 2.47. The Labute approximate surface area is 405 Å². The van der Waals surface area contributed by atoms with Crippen LogP contribution in [0.15, 0.2) is 255 Å². The van der Waals surface area contributed by atoms with Crippen molar-refractivity contribution in [2.45, 2.75) is 0 Å². The molecule has 2 aromatic heterocycles. The van der Waals surface area contributed by atoms with Crippen LogP contribution in [0.1, 0.15) is 0 Å². The molecule has 0 spiro atoms. The van der Waals surface area contributed by atoms with Gasteiger partial charge in [-0.3, -0.25) is 0 Å². The van der Waals surface area contributed by atoms with Gasteiger partial charge in [0.1, 0.15) is 0 Å². The van der Waals surface area contributed by atoms with E-state index in [4.69, 9.17) is 0 Å². The lowest BCUT2D eigenvalue weighted by Gasteiger charge is -2.28. The highest BCUT2D eigenvalue weighted by Crippen LogP contribution is 2.53. The summed E-state index contributed by atoms with van der Waals surface area (Å²) >= 11 is 0. The average Bonchev–Trinajstić information content (AvgIpc) is 3.84. The first-order valence-electron chi connectivity index (χ1n) is 24.1. The summed E-state index contributed by atoms with van der Waals surface area (Å²) < 4.78 is 4.94. The lowest BCUT2D eigenvalue weighted by Crippen LogP contribution is -2.11. The highest BCUT2D eigenvalue weighted by molar-refractivity contribution is 6.19. The van der Waals surface area contributed by atoms with Crippen LogP contribution in [0.25, 0.3) is 99.5 Å². The molecule has 326 valence electrons. The topological polar surface area (TPSA) is 16.3 Å². The summed E-state index contributed by atoms with van der Waals surface area (Å²) in [6.45, 7) is 0. The van der Waals surface area contributed by atoms with Crippen LogP contribution >= 0.6 is 0 Å². The molecular formula is C66H42N4. The number of aromatic nitrogens is 2. The van der Waals surface area contributed by atoms with Crippen molar-refractivity contribution in [2.24, 2.45) is 0 Å². The number of anilines is 6. The van der Waals surface area contributed by atoms with E-state index in [-0.39, 0.29) is 0 Å². The molecule has 0 atom stereocenters. The van der Waals surface area contributed by atoms with Crippen LogP contribution in [-0.4, -0.2) is 9.13 Å². The van der Waals surface area contributed by atoms with E-state index in [1.165, 1.54) is 88.1 Å². The van der Waals surface area contributed by atoms with Gasteiger partial charge in [0.25, 0.3) is 0 Å². The standard InChI is InChI=1S/C66H42N4/c1-2-24-48-47(23-1)51-27-5-11-33-59(51)67(60-34-12-6-28-52(48)60)43-19-17-21-45(39-43)69-63-37-15-9-31-55(63)57-42-66-58(41-65(57)69)56-32-10-16-38-64(56)70(66)46-22-18-20-44(40-46)68-61-35-13-7-29-53(61)49-25-3-4-26-50(49)54-30-8-14-36-62(54)68/h1-42H. The smallest absolute Gasteiger partial charge is 0.0548 e. The Morgan fingerprint density at radius 1 is 0.186 bits per heavy atom. The third-order valence-electron chi connectivity index (χ3n) is 14.8. The van der Waals surface area contributed by atoms with Gasteiger partial charge in [-0.05, 0) is 107 Å². The van der Waals surface area contributed by atoms with Gasteiger partial charge in [-0.2, -0.15) is 0 Å². The largest absolute Gasteiger partial charge is 0.309 e. The number of hydrogen-bond acceptors (Lipinski definition) is 2. The highest BCUT2D eigenvalue weighted by atomic mass is 15.2. The van der Waals surface area contributed by atoms with E-state index in [0.29, 0.717) is 0 Å². The summed E-state index contributed by atoms with van der Waals surface area (Å²) in [7, 11) is 0. The van der Waals surface area contributed by atoms with Gasteiger partial charge in [0, 0.05) is 66.5 Å². The van der Waals surface area contributed by atoms with E-state index in [1.807, 2.05) is 0 Å². The molecule has 11 aromatic carbocycles. The van der Waals surface area contributed by atoms with E-state index >= 15 is 0 Å². The number of hydrogen-bond donors (Lipinski definition) is 0. The van der Waals surface area contributed by atoms with Gasteiger partial charge in [-0.25, -0.2) is 0 Å². The van der Waals surface area contributed by atoms with Crippen molar-refractivity contribution in [2.75, 3.05) is 9.80 Å². The fourth-order valence-corrected chi connectivity index (χ4v) is 11.8. The third kappa shape index (κ3) is 5.59. The Morgan fingerprint density at radius 2 is 0.471 bits per heavy atom. The normalized spacial score (nSPS) is 12.5. The van der Waals surface area contributed by atoms with Gasteiger partial charge >= 0.3 is 0 Å². The molecule has 0 radical (unpaired) electrons. The van der Waals surface area contributed by atoms with E-state index in [0.717, 1.165) is 45.5 Å². The molecule has 4 nitrogen and oxygen atoms in total. The lowest BCUT2D eigenvalue weighted by molar-refractivity contribution is 1.16. The zero-order chi connectivity index (χ0) is 45.9. The first kappa shape index (κ1) is 38.7. The van der Waals surface area contributed by atoms with Gasteiger partial charge in [0.15, 0.2) is 0 Å². The maximum Gasteiger partial charge on any atom is 0.0548 e. The van der Waals surface area contributed by atoms with Crippen molar-refractivity contribution in [3.63, 3.8) is 0 Å². The highest BCUT2D eigenvalue weighted by Gasteiger charge is 2.28. The van der Waals surface area contributed by atoms with Crippen LogP contribution in [0.2, 0.25) is 0 Å². The molecule has 2 aliphatic heterocycles. The van der Waals surface area contributed by atoms with Crippen LogP contribution < -0.4 is 9.80 Å². The zero-order valence-electron chi connectivity index (χ0n) is 38.0. The summed E-state index contributed by atoms with van der Waals surface area (Å²) in [6.07, 6.45) is 0. The van der Waals surface area contributed by atoms with Crippen molar-refractivity contribution in [3.05, 3.63) is 255 Å². The summed E-state index contributed by atoms with van der Waals surface area (Å²) in [5.41, 5.74) is 23.6. The lowest BCUT2D eigenvalue weighted by atomic mass is 9.95. The summed E-state index contributed by atoms with van der Waals surface area (Å²) in [4.78, 5) is 4.90. The second-order valence-electron chi connectivity index (χ2n) is 18.5. The quantitative estimate of drug-likeness (QED) is 0.175. The molecule has 0 saturated carbocycles. The van der Waals surface area contributed by atoms with Crippen LogP contribution in [0.5, 0.6) is 0 Å². The van der Waals surface area contributed by atoms with Crippen LogP contribution in [0.3, 0.4) is 0 Å². The molecule has 13 aromatic rings. The Morgan fingerprint density at radius 3 is 0.829 bits per heavy atom. The summed E-state index contributed by atoms with van der Waals surface area (Å²) in [6, 6.07) is 93.7. The second kappa shape index (κ2) is 15.1. The van der Waals surface area contributed by atoms with Crippen molar-refractivity contribution in [3.8, 4) is 55.9 Å². The van der Waals surface area contributed by atoms with Crippen LogP contribution in [0, 0.1) is 0 Å². The van der Waals surface area contributed by atoms with E-state index < -0.39 is 0 Å². The third-order valence-corrected chi connectivity index (χ3v) is 14.8. The molecular weight excluding hydrogens is 849 g/mol. The minimum atomic E-state index is 1.10. The first-order chi connectivity index (χ1) is 34.8. The van der Waals surface area contributed by atoms with Gasteiger partial charge < -0.3 is 18.9 Å². The Balaban J connectivity index is 0.929. The number of fused-ring (bicyclic) bond motifs is 16. The SMILES string of the molecule is c1cc(N2c3ccccc3-c3ccccc3-c3ccccc32)cc(-n2c3ccccc3c3cc4c(cc32)c2ccccc2n4-c2cccc(N3c4ccccc4-c4ccccc4-c4ccccc43)c2)c1. The predicted molar refractivity (Wildman–Crippen MR) is 293 cm³/mol. The average molecular weight is 891 g/mol. The maximum absolute atomic E-state index is 2.47. The molecule has 4 heteroatoms. The molecule has 70 heavy (non-hydrogen) atoms. The Bertz CT molecular complexity index is 3870. The van der Waals surface area contributed by atoms with Crippen LogP contribution in [0.4, 0.5) is 34.1 Å². The fraction of sp³-hybridized carbons (Fsp3) is 0. The minimum Gasteiger partial charge on any atom is -0.309 e. The van der Waals surface area contributed by atoms with Crippen molar-refractivity contribution in [1.29, 1.82) is 0 Å². The van der Waals surface area contributed by atoms with E-state index in [1.54, 1.807) is 0 Å². The van der Waals surface area contributed by atoms with Gasteiger partial charge in [-0.15, -0.1) is 0 Å². The van der Waals surface area contributed by atoms with E-state index in [2.05, 4.69) is 274 Å². The van der Waals surface area contributed by atoms with Crippen molar-refractivity contribution >= 4 is 77.7 Å². The molecule has 0 fully saturated rings. The Kier molecular flexibility index (Phi) is 8.33. The summed E-state index contributed by atoms with van der Waals surface area (Å²) in [5.74, 6) is 0. The monoisotopic (exact) mass is 890 g/mol. The zero-order valence-corrected chi connectivity index (χ0v) is 38.0. The summed E-state index contributed by atoms with van der Waals surface area (Å²) in [5, 5.41) is 4.85. The molecule has 0 aliphatic carbocycles. The molecule has 15 rings (SSSR count). The van der Waals surface area contributed by atoms with Crippen molar-refractivity contribution < 1.29 is 0 Å². The van der Waals surface area contributed by atoms with E-state index in [9.17, 15) is 0 Å². The first-order valence-corrected chi connectivity index (χ1v) is 24.1. The van der Waals surface area contributed by atoms with Crippen LogP contribution in [-0.2, 0) is 0 Å². The number of benzene rings is 11. The molecule has 2 aliphatic rings. The molecule has 4 heterocycles.